The minimum Gasteiger partial charge on any atom is -0.448 e. The van der Waals surface area contributed by atoms with Gasteiger partial charge < -0.3 is 9.64 Å². The lowest BCUT2D eigenvalue weighted by molar-refractivity contribution is 0.127. The summed E-state index contributed by atoms with van der Waals surface area (Å²) in [6.45, 7) is 3.37. The lowest BCUT2D eigenvalue weighted by Crippen LogP contribution is -2.31. The van der Waals surface area contributed by atoms with E-state index in [0.717, 1.165) is 30.5 Å². The van der Waals surface area contributed by atoms with Crippen LogP contribution in [0.25, 0.3) is 11.1 Å². The number of carbonyl (C=O) groups excluding carboxylic acids is 1. The quantitative estimate of drug-likeness (QED) is 0.893. The molecule has 1 saturated heterocycles. The van der Waals surface area contributed by atoms with E-state index in [9.17, 15) is 9.18 Å². The van der Waals surface area contributed by atoms with E-state index in [-0.39, 0.29) is 11.9 Å². The summed E-state index contributed by atoms with van der Waals surface area (Å²) in [5.41, 5.74) is 3.10. The Morgan fingerprint density at radius 3 is 2.88 bits per heavy atom. The minimum absolute atomic E-state index is 0.273. The summed E-state index contributed by atoms with van der Waals surface area (Å²) in [6.07, 6.45) is 1.65. The zero-order valence-corrected chi connectivity index (χ0v) is 14.6. The molecule has 1 aliphatic rings. The summed E-state index contributed by atoms with van der Waals surface area (Å²) in [5, 5.41) is 2.75. The Balaban J connectivity index is 1.72. The van der Waals surface area contributed by atoms with Crippen LogP contribution in [0.3, 0.4) is 0 Å². The predicted molar refractivity (Wildman–Crippen MR) is 97.2 cm³/mol. The molecule has 0 aromatic heterocycles. The molecule has 2 aromatic rings. The molecule has 0 radical (unpaired) electrons. The second kappa shape index (κ2) is 7.66. The zero-order chi connectivity index (χ0) is 17.8. The van der Waals surface area contributed by atoms with Gasteiger partial charge in [0.05, 0.1) is 5.69 Å². The van der Waals surface area contributed by atoms with Gasteiger partial charge in [-0.2, -0.15) is 0 Å². The van der Waals surface area contributed by atoms with Gasteiger partial charge in [0.25, 0.3) is 0 Å². The van der Waals surface area contributed by atoms with Gasteiger partial charge in [0.2, 0.25) is 0 Å². The van der Waals surface area contributed by atoms with Gasteiger partial charge in [0.15, 0.2) is 0 Å². The Hall–Kier alpha value is -2.40. The van der Waals surface area contributed by atoms with E-state index in [2.05, 4.69) is 10.2 Å². The average molecular weight is 342 g/mol. The van der Waals surface area contributed by atoms with Gasteiger partial charge in [0.1, 0.15) is 12.4 Å². The van der Waals surface area contributed by atoms with Crippen molar-refractivity contribution in [2.45, 2.75) is 25.8 Å². The molecule has 1 heterocycles. The Labute approximate surface area is 147 Å². The monoisotopic (exact) mass is 342 g/mol. The van der Waals surface area contributed by atoms with Gasteiger partial charge in [-0.25, -0.2) is 9.18 Å². The lowest BCUT2D eigenvalue weighted by Gasteiger charge is -2.19. The number of carbonyl (C=O) groups is 1. The van der Waals surface area contributed by atoms with Crippen molar-refractivity contribution in [3.8, 4) is 11.1 Å². The molecule has 0 spiro atoms. The normalized spacial score (nSPS) is 17.5. The van der Waals surface area contributed by atoms with E-state index in [0.29, 0.717) is 17.9 Å². The largest absolute Gasteiger partial charge is 0.448 e. The van der Waals surface area contributed by atoms with Gasteiger partial charge in [-0.15, -0.1) is 0 Å². The third-order valence-corrected chi connectivity index (χ3v) is 4.63. The molecule has 1 atom stereocenters. The molecule has 0 aliphatic carbocycles. The Morgan fingerprint density at radius 2 is 2.16 bits per heavy atom. The highest BCUT2D eigenvalue weighted by atomic mass is 19.1. The van der Waals surface area contributed by atoms with Crippen molar-refractivity contribution in [3.63, 3.8) is 0 Å². The molecule has 4 nitrogen and oxygen atoms in total. The second-order valence-electron chi connectivity index (χ2n) is 6.56. The molecule has 1 aliphatic heterocycles. The fraction of sp³-hybridized carbons (Fsp3) is 0.350. The standard InChI is InChI=1S/C20H23FN2O2/c1-14-5-3-6-15(11-14)18-12-16(21)8-9-19(18)22-20(24)25-13-17-7-4-10-23(17)2/h3,5-6,8-9,11-12,17H,4,7,10,13H2,1-2H3,(H,22,24). The molecule has 3 rings (SSSR count). The zero-order valence-electron chi connectivity index (χ0n) is 14.6. The summed E-state index contributed by atoms with van der Waals surface area (Å²) in [4.78, 5) is 14.4. The number of hydrogen-bond acceptors (Lipinski definition) is 3. The van der Waals surface area contributed by atoms with Crippen LogP contribution in [0.4, 0.5) is 14.9 Å². The van der Waals surface area contributed by atoms with Crippen molar-refractivity contribution in [1.29, 1.82) is 0 Å². The van der Waals surface area contributed by atoms with E-state index < -0.39 is 6.09 Å². The molecule has 1 unspecified atom stereocenters. The van der Waals surface area contributed by atoms with Crippen molar-refractivity contribution in [2.75, 3.05) is 25.5 Å². The second-order valence-corrected chi connectivity index (χ2v) is 6.56. The number of nitrogens with zero attached hydrogens (tertiary/aromatic N) is 1. The number of rotatable bonds is 4. The molecule has 5 heteroatoms. The highest BCUT2D eigenvalue weighted by Crippen LogP contribution is 2.29. The Kier molecular flexibility index (Phi) is 5.34. The molecule has 1 fully saturated rings. The predicted octanol–water partition coefficient (Wildman–Crippen LogP) is 4.44. The number of amides is 1. The summed E-state index contributed by atoms with van der Waals surface area (Å²) >= 11 is 0. The van der Waals surface area contributed by atoms with Crippen LogP contribution in [0, 0.1) is 12.7 Å². The van der Waals surface area contributed by atoms with Crippen molar-refractivity contribution in [2.24, 2.45) is 0 Å². The summed E-state index contributed by atoms with van der Waals surface area (Å²) < 4.78 is 19.1. The number of halogens is 1. The highest BCUT2D eigenvalue weighted by molar-refractivity contribution is 5.91. The SMILES string of the molecule is Cc1cccc(-c2cc(F)ccc2NC(=O)OCC2CCCN2C)c1. The number of ether oxygens (including phenoxy) is 1. The molecule has 1 amide bonds. The number of aryl methyl sites for hydroxylation is 1. The van der Waals surface area contributed by atoms with E-state index in [1.807, 2.05) is 38.2 Å². The van der Waals surface area contributed by atoms with Gasteiger partial charge in [0, 0.05) is 11.6 Å². The number of nitrogens with one attached hydrogen (secondary N) is 1. The topological polar surface area (TPSA) is 41.6 Å². The maximum Gasteiger partial charge on any atom is 0.411 e. The van der Waals surface area contributed by atoms with Gasteiger partial charge in [-0.1, -0.05) is 29.8 Å². The van der Waals surface area contributed by atoms with Crippen LogP contribution in [0.2, 0.25) is 0 Å². The van der Waals surface area contributed by atoms with E-state index in [1.54, 1.807) is 6.07 Å². The smallest absolute Gasteiger partial charge is 0.411 e. The van der Waals surface area contributed by atoms with Crippen LogP contribution < -0.4 is 5.32 Å². The molecule has 1 N–H and O–H groups in total. The van der Waals surface area contributed by atoms with Gasteiger partial charge in [-0.05, 0) is 57.1 Å². The first kappa shape index (κ1) is 17.4. The molecule has 0 bridgehead atoms. The molecule has 2 aromatic carbocycles. The lowest BCUT2D eigenvalue weighted by atomic mass is 10.0. The minimum atomic E-state index is -0.513. The molecule has 132 valence electrons. The fourth-order valence-corrected chi connectivity index (χ4v) is 3.18. The third-order valence-electron chi connectivity index (χ3n) is 4.63. The Morgan fingerprint density at radius 1 is 1.32 bits per heavy atom. The van der Waals surface area contributed by atoms with Gasteiger partial charge in [-0.3, -0.25) is 5.32 Å². The van der Waals surface area contributed by atoms with Gasteiger partial charge >= 0.3 is 6.09 Å². The maximum absolute atomic E-state index is 13.7. The number of benzene rings is 2. The van der Waals surface area contributed by atoms with E-state index in [1.165, 1.54) is 12.1 Å². The fourth-order valence-electron chi connectivity index (χ4n) is 3.18. The third kappa shape index (κ3) is 4.37. The van der Waals surface area contributed by atoms with Crippen LogP contribution in [0.15, 0.2) is 42.5 Å². The van der Waals surface area contributed by atoms with Crippen molar-refractivity contribution < 1.29 is 13.9 Å². The number of hydrogen-bond donors (Lipinski definition) is 1. The van der Waals surface area contributed by atoms with Crippen molar-refractivity contribution >= 4 is 11.8 Å². The van der Waals surface area contributed by atoms with Crippen LogP contribution in [-0.2, 0) is 4.74 Å². The number of likely N-dealkylation sites (N-methyl/N-ethyl adjacent to an activating group) is 1. The van der Waals surface area contributed by atoms with Crippen molar-refractivity contribution in [3.05, 3.63) is 53.8 Å². The van der Waals surface area contributed by atoms with Crippen LogP contribution in [0.5, 0.6) is 0 Å². The van der Waals surface area contributed by atoms with E-state index >= 15 is 0 Å². The highest BCUT2D eigenvalue weighted by Gasteiger charge is 2.22. The molecule has 0 saturated carbocycles. The number of anilines is 1. The first-order chi connectivity index (χ1) is 12.0. The first-order valence-electron chi connectivity index (χ1n) is 8.53. The summed E-state index contributed by atoms with van der Waals surface area (Å²) in [5.74, 6) is -0.344. The first-order valence-corrected chi connectivity index (χ1v) is 8.53. The van der Waals surface area contributed by atoms with Crippen LogP contribution >= 0.6 is 0 Å². The maximum atomic E-state index is 13.7. The Bertz CT molecular complexity index is 763. The molecular weight excluding hydrogens is 319 g/mol. The van der Waals surface area contributed by atoms with Crippen LogP contribution in [0.1, 0.15) is 18.4 Å². The molecular formula is C20H23FN2O2. The average Bonchev–Trinajstić information content (AvgIpc) is 3.00. The summed E-state index contributed by atoms with van der Waals surface area (Å²) in [6, 6.07) is 12.3. The molecule has 25 heavy (non-hydrogen) atoms. The van der Waals surface area contributed by atoms with Crippen LogP contribution in [-0.4, -0.2) is 37.2 Å². The summed E-state index contributed by atoms with van der Waals surface area (Å²) in [7, 11) is 2.04. The van der Waals surface area contributed by atoms with Crippen molar-refractivity contribution in [1.82, 2.24) is 4.90 Å². The number of likely N-dealkylation sites (tertiary alicyclic amines) is 1. The van der Waals surface area contributed by atoms with E-state index in [4.69, 9.17) is 4.74 Å².